The van der Waals surface area contributed by atoms with Crippen LogP contribution in [0.3, 0.4) is 0 Å². The highest BCUT2D eigenvalue weighted by Crippen LogP contribution is 2.40. The number of para-hydroxylation sites is 1. The fourth-order valence-electron chi connectivity index (χ4n) is 3.72. The SMILES string of the molecule is Cc1ccc(CSc2nnc3c(n2)OC(c2cc(C)ccc2C)Nc2ccccc2-3)cc1. The Bertz CT molecular complexity index is 1270. The van der Waals surface area contributed by atoms with Crippen molar-refractivity contribution in [3.8, 4) is 17.1 Å². The summed E-state index contributed by atoms with van der Waals surface area (Å²) in [6.45, 7) is 6.27. The zero-order valence-corrected chi connectivity index (χ0v) is 19.1. The number of nitrogens with zero attached hydrogens (tertiary/aromatic N) is 3. The first-order valence-corrected chi connectivity index (χ1v) is 11.6. The van der Waals surface area contributed by atoms with Gasteiger partial charge in [0, 0.05) is 22.6 Å². The molecule has 1 unspecified atom stereocenters. The maximum absolute atomic E-state index is 6.43. The van der Waals surface area contributed by atoms with E-state index >= 15 is 0 Å². The lowest BCUT2D eigenvalue weighted by atomic mass is 10.0. The molecule has 6 heteroatoms. The summed E-state index contributed by atoms with van der Waals surface area (Å²) >= 11 is 1.56. The van der Waals surface area contributed by atoms with Crippen LogP contribution < -0.4 is 10.1 Å². The van der Waals surface area contributed by atoms with Gasteiger partial charge in [-0.2, -0.15) is 4.98 Å². The summed E-state index contributed by atoms with van der Waals surface area (Å²) in [5.41, 5.74) is 8.44. The Balaban J connectivity index is 1.50. The molecule has 3 aromatic carbocycles. The predicted octanol–water partition coefficient (Wildman–Crippen LogP) is 6.26. The average Bonchev–Trinajstić information content (AvgIpc) is 2.96. The molecule has 0 saturated heterocycles. The molecule has 0 radical (unpaired) electrons. The van der Waals surface area contributed by atoms with Gasteiger partial charge in [0.1, 0.15) is 0 Å². The summed E-state index contributed by atoms with van der Waals surface area (Å²) in [7, 11) is 0. The van der Waals surface area contributed by atoms with Crippen molar-refractivity contribution in [1.82, 2.24) is 15.2 Å². The molecule has 5 nitrogen and oxygen atoms in total. The molecular weight excluding hydrogens is 416 g/mol. The molecule has 0 aliphatic carbocycles. The Kier molecular flexibility index (Phi) is 5.53. The topological polar surface area (TPSA) is 59.9 Å². The average molecular weight is 441 g/mol. The van der Waals surface area contributed by atoms with Crippen LogP contribution in [-0.4, -0.2) is 15.2 Å². The summed E-state index contributed by atoms with van der Waals surface area (Å²) in [6, 6.07) is 22.9. The first-order chi connectivity index (χ1) is 15.6. The first-order valence-electron chi connectivity index (χ1n) is 10.6. The van der Waals surface area contributed by atoms with Crippen molar-refractivity contribution in [3.63, 3.8) is 0 Å². The minimum absolute atomic E-state index is 0.371. The molecule has 2 heterocycles. The summed E-state index contributed by atoms with van der Waals surface area (Å²) in [5, 5.41) is 13.0. The van der Waals surface area contributed by atoms with E-state index in [0.717, 1.165) is 28.1 Å². The van der Waals surface area contributed by atoms with E-state index < -0.39 is 0 Å². The molecule has 32 heavy (non-hydrogen) atoms. The standard InChI is InChI=1S/C26H24N4OS/c1-16-9-12-19(13-10-16)15-32-26-28-25-23(29-30-26)20-6-4-5-7-22(20)27-24(31-25)21-14-17(2)8-11-18(21)3/h4-14,24,27H,15H2,1-3H3. The van der Waals surface area contributed by atoms with Crippen molar-refractivity contribution < 1.29 is 4.74 Å². The van der Waals surface area contributed by atoms with Crippen LogP contribution in [0.5, 0.6) is 5.88 Å². The van der Waals surface area contributed by atoms with Crippen molar-refractivity contribution in [3.05, 3.63) is 94.5 Å². The van der Waals surface area contributed by atoms with Gasteiger partial charge >= 0.3 is 0 Å². The van der Waals surface area contributed by atoms with Crippen LogP contribution in [0.4, 0.5) is 5.69 Å². The quantitative estimate of drug-likeness (QED) is 0.378. The monoisotopic (exact) mass is 440 g/mol. The van der Waals surface area contributed by atoms with Gasteiger partial charge in [0.15, 0.2) is 11.9 Å². The Morgan fingerprint density at radius 2 is 1.69 bits per heavy atom. The predicted molar refractivity (Wildman–Crippen MR) is 129 cm³/mol. The second-order valence-electron chi connectivity index (χ2n) is 8.07. The third-order valence-electron chi connectivity index (χ3n) is 5.54. The van der Waals surface area contributed by atoms with Gasteiger partial charge in [-0.25, -0.2) is 0 Å². The summed E-state index contributed by atoms with van der Waals surface area (Å²) in [4.78, 5) is 4.76. The van der Waals surface area contributed by atoms with Gasteiger partial charge < -0.3 is 10.1 Å². The summed E-state index contributed by atoms with van der Waals surface area (Å²) in [5.74, 6) is 1.27. The second kappa shape index (κ2) is 8.63. The van der Waals surface area contributed by atoms with Crippen molar-refractivity contribution in [2.75, 3.05) is 5.32 Å². The van der Waals surface area contributed by atoms with Gasteiger partial charge in [-0.15, -0.1) is 10.2 Å². The zero-order chi connectivity index (χ0) is 22.1. The minimum Gasteiger partial charge on any atom is -0.448 e. The largest absolute Gasteiger partial charge is 0.448 e. The Labute approximate surface area is 192 Å². The van der Waals surface area contributed by atoms with Gasteiger partial charge in [0.05, 0.1) is 0 Å². The van der Waals surface area contributed by atoms with E-state index in [9.17, 15) is 0 Å². The number of aromatic nitrogens is 3. The smallest absolute Gasteiger partial charge is 0.247 e. The maximum atomic E-state index is 6.43. The fraction of sp³-hybridized carbons (Fsp3) is 0.192. The van der Waals surface area contributed by atoms with E-state index in [2.05, 4.69) is 78.7 Å². The Morgan fingerprint density at radius 3 is 2.53 bits per heavy atom. The second-order valence-corrected chi connectivity index (χ2v) is 9.01. The van der Waals surface area contributed by atoms with Crippen LogP contribution in [0.1, 0.15) is 34.0 Å². The number of ether oxygens (including phenoxy) is 1. The van der Waals surface area contributed by atoms with Crippen LogP contribution in [0, 0.1) is 20.8 Å². The van der Waals surface area contributed by atoms with Gasteiger partial charge in [0.25, 0.3) is 0 Å². The molecule has 160 valence electrons. The minimum atomic E-state index is -0.371. The van der Waals surface area contributed by atoms with E-state index in [1.54, 1.807) is 11.8 Å². The molecule has 4 aromatic rings. The lowest BCUT2D eigenvalue weighted by molar-refractivity contribution is 0.224. The van der Waals surface area contributed by atoms with E-state index in [1.165, 1.54) is 16.7 Å². The van der Waals surface area contributed by atoms with E-state index in [1.807, 2.05) is 24.3 Å². The maximum Gasteiger partial charge on any atom is 0.247 e. The Morgan fingerprint density at radius 1 is 0.906 bits per heavy atom. The van der Waals surface area contributed by atoms with Crippen molar-refractivity contribution in [2.24, 2.45) is 0 Å². The first kappa shape index (κ1) is 20.5. The van der Waals surface area contributed by atoms with Crippen LogP contribution in [0.25, 0.3) is 11.3 Å². The molecule has 1 aromatic heterocycles. The molecule has 0 spiro atoms. The van der Waals surface area contributed by atoms with Crippen molar-refractivity contribution >= 4 is 17.4 Å². The Hall–Kier alpha value is -3.38. The molecule has 5 rings (SSSR count). The number of nitrogens with one attached hydrogen (secondary N) is 1. The lowest BCUT2D eigenvalue weighted by Gasteiger charge is -2.21. The number of hydrogen-bond donors (Lipinski definition) is 1. The third kappa shape index (κ3) is 4.18. The van der Waals surface area contributed by atoms with Gasteiger partial charge in [-0.3, -0.25) is 0 Å². The van der Waals surface area contributed by atoms with Gasteiger partial charge in [-0.1, -0.05) is 83.6 Å². The molecule has 0 saturated carbocycles. The molecular formula is C26H24N4OS. The highest BCUT2D eigenvalue weighted by atomic mass is 32.2. The number of rotatable bonds is 4. The molecule has 1 aliphatic heterocycles. The lowest BCUT2D eigenvalue weighted by Crippen LogP contribution is -2.18. The van der Waals surface area contributed by atoms with Crippen LogP contribution in [0.15, 0.2) is 71.9 Å². The normalized spacial score (nSPS) is 14.5. The molecule has 0 amide bonds. The van der Waals surface area contributed by atoms with Crippen molar-refractivity contribution in [1.29, 1.82) is 0 Å². The van der Waals surface area contributed by atoms with Crippen molar-refractivity contribution in [2.45, 2.75) is 37.9 Å². The zero-order valence-electron chi connectivity index (χ0n) is 18.3. The molecule has 0 fully saturated rings. The van der Waals surface area contributed by atoms with Crippen LogP contribution in [0.2, 0.25) is 0 Å². The molecule has 1 N–H and O–H groups in total. The van der Waals surface area contributed by atoms with E-state index in [4.69, 9.17) is 9.72 Å². The number of fused-ring (bicyclic) bond motifs is 3. The summed E-state index contributed by atoms with van der Waals surface area (Å²) < 4.78 is 6.43. The number of thioether (sulfide) groups is 1. The molecule has 0 bridgehead atoms. The number of benzene rings is 3. The highest BCUT2D eigenvalue weighted by molar-refractivity contribution is 7.98. The highest BCUT2D eigenvalue weighted by Gasteiger charge is 2.27. The number of hydrogen-bond acceptors (Lipinski definition) is 6. The van der Waals surface area contributed by atoms with Gasteiger partial charge in [-0.05, 0) is 38.0 Å². The number of aryl methyl sites for hydroxylation is 3. The fourth-order valence-corrected chi connectivity index (χ4v) is 4.46. The number of anilines is 1. The molecule has 1 aliphatic rings. The third-order valence-corrected chi connectivity index (χ3v) is 6.45. The van der Waals surface area contributed by atoms with Crippen LogP contribution in [-0.2, 0) is 5.75 Å². The van der Waals surface area contributed by atoms with Crippen LogP contribution >= 0.6 is 11.8 Å². The summed E-state index contributed by atoms with van der Waals surface area (Å²) in [6.07, 6.45) is -0.371. The molecule has 1 atom stereocenters. The van der Waals surface area contributed by atoms with Gasteiger partial charge in [0.2, 0.25) is 11.0 Å². The van der Waals surface area contributed by atoms with E-state index in [0.29, 0.717) is 16.7 Å². The van der Waals surface area contributed by atoms with E-state index in [-0.39, 0.29) is 6.23 Å².